The first-order valence-corrected chi connectivity index (χ1v) is 8.13. The highest BCUT2D eigenvalue weighted by Crippen LogP contribution is 2.40. The molecule has 1 fully saturated rings. The summed E-state index contributed by atoms with van der Waals surface area (Å²) in [5.41, 5.74) is -3.66. The third kappa shape index (κ3) is 5.43. The van der Waals surface area contributed by atoms with Crippen LogP contribution in [0.15, 0.2) is 29.2 Å². The number of likely N-dealkylation sites (tertiary alicyclic amines) is 1. The van der Waals surface area contributed by atoms with E-state index in [4.69, 9.17) is 0 Å². The first-order valence-electron chi connectivity index (χ1n) is 7.31. The number of para-hydroxylation sites is 1. The fourth-order valence-corrected chi connectivity index (χ4v) is 3.27. The topological polar surface area (TPSA) is 15.3 Å². The van der Waals surface area contributed by atoms with Crippen LogP contribution in [0.1, 0.15) is 26.2 Å². The Morgan fingerprint density at radius 3 is 2.71 bits per heavy atom. The lowest BCUT2D eigenvalue weighted by molar-refractivity contribution is -0.0327. The number of anilines is 1. The van der Waals surface area contributed by atoms with Crippen LogP contribution in [0.25, 0.3) is 0 Å². The van der Waals surface area contributed by atoms with Crippen LogP contribution in [0.5, 0.6) is 0 Å². The van der Waals surface area contributed by atoms with Crippen molar-refractivity contribution in [2.24, 2.45) is 0 Å². The molecule has 1 heterocycles. The van der Waals surface area contributed by atoms with Crippen LogP contribution in [-0.4, -0.2) is 36.1 Å². The minimum absolute atomic E-state index is 0.0467. The van der Waals surface area contributed by atoms with E-state index in [2.05, 4.69) is 17.1 Å². The van der Waals surface area contributed by atoms with Crippen molar-refractivity contribution < 1.29 is 13.2 Å². The van der Waals surface area contributed by atoms with Crippen molar-refractivity contribution in [2.75, 3.05) is 25.0 Å². The molecule has 0 aromatic heterocycles. The fourth-order valence-electron chi connectivity index (χ4n) is 2.64. The van der Waals surface area contributed by atoms with Gasteiger partial charge in [0.25, 0.3) is 0 Å². The van der Waals surface area contributed by atoms with Gasteiger partial charge in [0.15, 0.2) is 0 Å². The normalized spacial score (nSPS) is 21.0. The summed E-state index contributed by atoms with van der Waals surface area (Å²) < 4.78 is 37.8. The van der Waals surface area contributed by atoms with E-state index in [9.17, 15) is 13.2 Å². The largest absolute Gasteiger partial charge is 0.446 e. The van der Waals surface area contributed by atoms with E-state index in [1.807, 2.05) is 0 Å². The number of hydrogen-bond donors (Lipinski definition) is 1. The molecular formula is C15H21F3N2S. The molecule has 0 bridgehead atoms. The molecule has 0 aliphatic carbocycles. The zero-order chi connectivity index (χ0) is 15.3. The van der Waals surface area contributed by atoms with Crippen molar-refractivity contribution in [3.63, 3.8) is 0 Å². The highest BCUT2D eigenvalue weighted by atomic mass is 32.2. The summed E-state index contributed by atoms with van der Waals surface area (Å²) in [6.45, 7) is 5.26. The summed E-state index contributed by atoms with van der Waals surface area (Å²) in [6.07, 6.45) is 3.06. The van der Waals surface area contributed by atoms with Crippen LogP contribution in [0.4, 0.5) is 18.9 Å². The lowest BCUT2D eigenvalue weighted by atomic mass is 10.1. The van der Waals surface area contributed by atoms with Crippen molar-refractivity contribution in [1.29, 1.82) is 0 Å². The van der Waals surface area contributed by atoms with E-state index >= 15 is 0 Å². The molecule has 1 N–H and O–H groups in total. The molecule has 2 nitrogen and oxygen atoms in total. The van der Waals surface area contributed by atoms with Gasteiger partial charge in [0.2, 0.25) is 0 Å². The number of nitrogens with one attached hydrogen (secondary N) is 1. The van der Waals surface area contributed by atoms with Crippen molar-refractivity contribution in [3.8, 4) is 0 Å². The summed E-state index contributed by atoms with van der Waals surface area (Å²) in [7, 11) is 0. The molecule has 1 aromatic carbocycles. The molecule has 1 aliphatic heterocycles. The molecular weight excluding hydrogens is 297 g/mol. The Kier molecular flexibility index (Phi) is 5.81. The number of thioether (sulfide) groups is 1. The van der Waals surface area contributed by atoms with E-state index in [0.717, 1.165) is 38.9 Å². The summed E-state index contributed by atoms with van der Waals surface area (Å²) in [5, 5.41) is 3.31. The summed E-state index contributed by atoms with van der Waals surface area (Å²) in [5.74, 6) is 0. The van der Waals surface area contributed by atoms with Crippen LogP contribution in [0.2, 0.25) is 0 Å². The smallest absolute Gasteiger partial charge is 0.381 e. The Hall–Kier alpha value is -0.880. The Bertz CT molecular complexity index is 451. The lowest BCUT2D eigenvalue weighted by Gasteiger charge is -2.21. The van der Waals surface area contributed by atoms with E-state index in [-0.39, 0.29) is 22.7 Å². The molecule has 6 heteroatoms. The highest BCUT2D eigenvalue weighted by molar-refractivity contribution is 8.00. The number of hydrogen-bond acceptors (Lipinski definition) is 3. The molecule has 0 spiro atoms. The Morgan fingerprint density at radius 2 is 2.00 bits per heavy atom. The van der Waals surface area contributed by atoms with Gasteiger partial charge >= 0.3 is 5.51 Å². The molecule has 1 atom stereocenters. The molecule has 1 unspecified atom stereocenters. The standard InChI is InChI=1S/C15H21F3N2S/c1-2-20-10-5-6-12(9-11-20)19-13-7-3-4-8-14(13)21-15(16,17)18/h3-4,7-8,12,19H,2,5-6,9-11H2,1H3. The molecule has 118 valence electrons. The summed E-state index contributed by atoms with van der Waals surface area (Å²) in [4.78, 5) is 2.64. The van der Waals surface area contributed by atoms with Gasteiger partial charge in [-0.05, 0) is 56.2 Å². The second-order valence-corrected chi connectivity index (χ2v) is 6.36. The Labute approximate surface area is 128 Å². The molecule has 0 radical (unpaired) electrons. The maximum atomic E-state index is 12.6. The third-order valence-corrected chi connectivity index (χ3v) is 4.55. The zero-order valence-electron chi connectivity index (χ0n) is 12.1. The van der Waals surface area contributed by atoms with E-state index in [1.165, 1.54) is 6.07 Å². The number of rotatable bonds is 4. The number of nitrogens with zero attached hydrogens (tertiary/aromatic N) is 1. The molecule has 21 heavy (non-hydrogen) atoms. The van der Waals surface area contributed by atoms with Crippen molar-refractivity contribution >= 4 is 17.4 Å². The van der Waals surface area contributed by atoms with E-state index in [0.29, 0.717) is 5.69 Å². The second-order valence-electron chi connectivity index (χ2n) is 5.25. The van der Waals surface area contributed by atoms with Crippen LogP contribution < -0.4 is 5.32 Å². The average Bonchev–Trinajstić information content (AvgIpc) is 2.64. The molecule has 1 aromatic rings. The first-order chi connectivity index (χ1) is 9.98. The Balaban J connectivity index is 2.02. The molecule has 0 saturated carbocycles. The lowest BCUT2D eigenvalue weighted by Crippen LogP contribution is -2.26. The quantitative estimate of drug-likeness (QED) is 0.818. The molecule has 1 aliphatic rings. The van der Waals surface area contributed by atoms with Gasteiger partial charge in [0, 0.05) is 23.2 Å². The van der Waals surface area contributed by atoms with Gasteiger partial charge < -0.3 is 10.2 Å². The first kappa shape index (κ1) is 16.5. The van der Waals surface area contributed by atoms with Gasteiger partial charge in [-0.25, -0.2) is 0 Å². The predicted octanol–water partition coefficient (Wildman–Crippen LogP) is 4.58. The van der Waals surface area contributed by atoms with Gasteiger partial charge in [-0.15, -0.1) is 0 Å². The van der Waals surface area contributed by atoms with Crippen molar-refractivity contribution in [1.82, 2.24) is 4.90 Å². The van der Waals surface area contributed by atoms with Gasteiger partial charge in [-0.3, -0.25) is 0 Å². The minimum atomic E-state index is -4.25. The van der Waals surface area contributed by atoms with Crippen LogP contribution in [0.3, 0.4) is 0 Å². The zero-order valence-corrected chi connectivity index (χ0v) is 12.9. The summed E-state index contributed by atoms with van der Waals surface area (Å²) >= 11 is -0.0467. The minimum Gasteiger partial charge on any atom is -0.381 e. The van der Waals surface area contributed by atoms with Crippen molar-refractivity contribution in [2.45, 2.75) is 42.6 Å². The third-order valence-electron chi connectivity index (χ3n) is 3.74. The maximum Gasteiger partial charge on any atom is 0.446 e. The molecule has 1 saturated heterocycles. The number of alkyl halides is 3. The monoisotopic (exact) mass is 318 g/mol. The predicted molar refractivity (Wildman–Crippen MR) is 81.7 cm³/mol. The van der Waals surface area contributed by atoms with E-state index < -0.39 is 5.51 Å². The average molecular weight is 318 g/mol. The van der Waals surface area contributed by atoms with Gasteiger partial charge in [0.05, 0.1) is 0 Å². The molecule has 2 rings (SSSR count). The van der Waals surface area contributed by atoms with Crippen LogP contribution >= 0.6 is 11.8 Å². The summed E-state index contributed by atoms with van der Waals surface area (Å²) in [6, 6.07) is 6.92. The maximum absolute atomic E-state index is 12.6. The Morgan fingerprint density at radius 1 is 1.24 bits per heavy atom. The number of halogens is 3. The van der Waals surface area contributed by atoms with Gasteiger partial charge in [-0.1, -0.05) is 19.1 Å². The van der Waals surface area contributed by atoms with Crippen molar-refractivity contribution in [3.05, 3.63) is 24.3 Å². The van der Waals surface area contributed by atoms with Gasteiger partial charge in [0.1, 0.15) is 0 Å². The second kappa shape index (κ2) is 7.40. The van der Waals surface area contributed by atoms with Crippen LogP contribution in [0, 0.1) is 0 Å². The molecule has 0 amide bonds. The van der Waals surface area contributed by atoms with E-state index in [1.54, 1.807) is 18.2 Å². The SMILES string of the molecule is CCN1CCCC(Nc2ccccc2SC(F)(F)F)CC1. The van der Waals surface area contributed by atoms with Gasteiger partial charge in [-0.2, -0.15) is 13.2 Å². The fraction of sp³-hybridized carbons (Fsp3) is 0.600. The highest BCUT2D eigenvalue weighted by Gasteiger charge is 2.30. The van der Waals surface area contributed by atoms with Crippen LogP contribution in [-0.2, 0) is 0 Å². The number of benzene rings is 1.